The van der Waals surface area contributed by atoms with E-state index in [1.54, 1.807) is 0 Å². The number of rotatable bonds is 6. The topological polar surface area (TPSA) is 310 Å². The van der Waals surface area contributed by atoms with Crippen LogP contribution in [0.3, 0.4) is 0 Å². The van der Waals surface area contributed by atoms with E-state index in [9.17, 15) is 60.3 Å². The van der Waals surface area contributed by atoms with Crippen molar-refractivity contribution in [2.24, 2.45) is 0 Å². The first-order chi connectivity index (χ1) is 23.0. The SMILES string of the molecule is C[C@@H]1CC(C)(C)[NH2+]CCN[C@@H](C)CC(C)(C)[NH2+]CCN1.O=C([O-])c1cc([N+](=O)[O-])cc([N+](=O)[O-])c1.O=C([O-])c1cc([N+](=O)[O-])cc([N+](=O)[O-])c1. The predicted molar refractivity (Wildman–Crippen MR) is 174 cm³/mol. The molecule has 20 heteroatoms. The maximum atomic E-state index is 10.4. The molecule has 50 heavy (non-hydrogen) atoms. The molecule has 1 aliphatic heterocycles. The van der Waals surface area contributed by atoms with Crippen molar-refractivity contribution in [2.45, 2.75) is 77.5 Å². The number of carboxylic acid groups (broad SMARTS) is 2. The normalized spacial score (nSPS) is 19.1. The molecule has 0 bridgehead atoms. The van der Waals surface area contributed by atoms with E-state index in [1.165, 1.54) is 12.8 Å². The number of benzene rings is 2. The summed E-state index contributed by atoms with van der Waals surface area (Å²) in [7, 11) is 0. The minimum Gasteiger partial charge on any atom is -0.545 e. The molecule has 20 nitrogen and oxygen atoms in total. The van der Waals surface area contributed by atoms with Gasteiger partial charge in [-0.05, 0) is 41.5 Å². The van der Waals surface area contributed by atoms with Crippen molar-refractivity contribution >= 4 is 34.7 Å². The summed E-state index contributed by atoms with van der Waals surface area (Å²) in [5.41, 5.74) is -3.21. The van der Waals surface area contributed by atoms with Crippen molar-refractivity contribution in [2.75, 3.05) is 26.2 Å². The molecule has 0 amide bonds. The zero-order valence-electron chi connectivity index (χ0n) is 28.7. The largest absolute Gasteiger partial charge is 0.545 e. The number of carbonyl (C=O) groups is 2. The highest BCUT2D eigenvalue weighted by molar-refractivity contribution is 5.88. The maximum absolute atomic E-state index is 10.4. The molecular weight excluding hydrogens is 664 g/mol. The van der Waals surface area contributed by atoms with Gasteiger partial charge in [0, 0.05) is 73.4 Å². The predicted octanol–water partition coefficient (Wildman–Crippen LogP) is -0.847. The van der Waals surface area contributed by atoms with Crippen LogP contribution in [0, 0.1) is 40.5 Å². The van der Waals surface area contributed by atoms with Crippen molar-refractivity contribution in [1.29, 1.82) is 0 Å². The first-order valence-corrected chi connectivity index (χ1v) is 15.5. The van der Waals surface area contributed by atoms with Gasteiger partial charge in [0.1, 0.15) is 0 Å². The minimum absolute atomic E-state index is 0.324. The second-order valence-corrected chi connectivity index (χ2v) is 13.2. The van der Waals surface area contributed by atoms with Crippen LogP contribution in [0.25, 0.3) is 0 Å². The minimum atomic E-state index is -1.71. The van der Waals surface area contributed by atoms with Crippen LogP contribution in [0.5, 0.6) is 0 Å². The first kappa shape index (κ1) is 42.8. The number of nitrogens with zero attached hydrogens (tertiary/aromatic N) is 4. The molecule has 0 unspecified atom stereocenters. The van der Waals surface area contributed by atoms with Gasteiger partial charge in [0.25, 0.3) is 22.7 Å². The van der Waals surface area contributed by atoms with Gasteiger partial charge in [-0.2, -0.15) is 0 Å². The van der Waals surface area contributed by atoms with E-state index in [1.807, 2.05) is 0 Å². The summed E-state index contributed by atoms with van der Waals surface area (Å²) in [4.78, 5) is 58.4. The molecule has 0 aromatic heterocycles. The number of nitro benzene ring substituents is 4. The van der Waals surface area contributed by atoms with Crippen molar-refractivity contribution in [3.8, 4) is 0 Å². The molecule has 0 saturated carbocycles. The Hall–Kier alpha value is -5.18. The number of non-ortho nitro benzene ring substituents is 4. The molecule has 1 fully saturated rings. The Morgan fingerprint density at radius 1 is 0.600 bits per heavy atom. The third-order valence-electron chi connectivity index (χ3n) is 7.45. The molecule has 1 heterocycles. The molecule has 0 spiro atoms. The molecule has 2 aromatic rings. The number of hydrogen-bond acceptors (Lipinski definition) is 14. The van der Waals surface area contributed by atoms with Crippen molar-refractivity contribution < 1.29 is 50.1 Å². The number of nitrogens with one attached hydrogen (secondary N) is 2. The van der Waals surface area contributed by atoms with E-state index in [4.69, 9.17) is 0 Å². The quantitative estimate of drug-likeness (QED) is 0.210. The van der Waals surface area contributed by atoms with Gasteiger partial charge in [0.2, 0.25) is 0 Å². The summed E-state index contributed by atoms with van der Waals surface area (Å²) in [5.74, 6) is -3.41. The average molecular weight is 709 g/mol. The standard InChI is InChI=1S/C16H36N4.2C7H4N2O6/c1-13-11-15(3,4)19-10-8-18-14(2)12-16(5,6)20-9-7-17-13;2*10-7(11)4-1-5(8(12)13)3-6(2-4)9(14)15/h13-14,17-20H,7-12H2,1-6H3;2*1-3H,(H,10,11)/t13-,14+;;. The number of hydrogen-bond donors (Lipinski definition) is 4. The zero-order valence-corrected chi connectivity index (χ0v) is 28.7. The van der Waals surface area contributed by atoms with Crippen LogP contribution >= 0.6 is 0 Å². The van der Waals surface area contributed by atoms with E-state index in [2.05, 4.69) is 62.8 Å². The summed E-state index contributed by atoms with van der Waals surface area (Å²) < 4.78 is 0. The van der Waals surface area contributed by atoms with Gasteiger partial charge in [-0.25, -0.2) is 0 Å². The molecule has 2 atom stereocenters. The van der Waals surface area contributed by atoms with E-state index in [0.717, 1.165) is 26.2 Å². The van der Waals surface area contributed by atoms with E-state index in [-0.39, 0.29) is 0 Å². The number of nitrogens with two attached hydrogens (primary N) is 2. The van der Waals surface area contributed by atoms with Crippen LogP contribution in [-0.4, -0.2) is 81.0 Å². The monoisotopic (exact) mass is 708 g/mol. The summed E-state index contributed by atoms with van der Waals surface area (Å²) >= 11 is 0. The Labute approximate surface area is 287 Å². The summed E-state index contributed by atoms with van der Waals surface area (Å²) in [6, 6.07) is 5.31. The number of quaternary nitrogens is 2. The third kappa shape index (κ3) is 15.8. The molecule has 1 aliphatic rings. The van der Waals surface area contributed by atoms with Crippen LogP contribution in [0.15, 0.2) is 36.4 Å². The van der Waals surface area contributed by atoms with E-state index in [0.29, 0.717) is 59.6 Å². The summed E-state index contributed by atoms with van der Waals surface area (Å²) in [6.07, 6.45) is 2.43. The van der Waals surface area contributed by atoms with Crippen LogP contribution in [0.2, 0.25) is 0 Å². The number of aromatic carboxylic acids is 2. The number of nitro groups is 4. The lowest BCUT2D eigenvalue weighted by atomic mass is 9.94. The molecule has 2 aromatic carbocycles. The van der Waals surface area contributed by atoms with Crippen LogP contribution in [0.1, 0.15) is 75.1 Å². The number of carboxylic acids is 2. The fourth-order valence-electron chi connectivity index (χ4n) is 5.32. The van der Waals surface area contributed by atoms with Gasteiger partial charge in [0.15, 0.2) is 0 Å². The van der Waals surface area contributed by atoms with Gasteiger partial charge < -0.3 is 41.1 Å². The summed E-state index contributed by atoms with van der Waals surface area (Å²) in [6.45, 7) is 18.6. The molecule has 6 N–H and O–H groups in total. The Bertz CT molecular complexity index is 1280. The molecular formula is C30H44N8O12. The van der Waals surface area contributed by atoms with Crippen LogP contribution < -0.4 is 31.5 Å². The van der Waals surface area contributed by atoms with Crippen molar-refractivity contribution in [1.82, 2.24) is 10.6 Å². The molecule has 0 radical (unpaired) electrons. The van der Waals surface area contributed by atoms with E-state index < -0.39 is 65.5 Å². The highest BCUT2D eigenvalue weighted by atomic mass is 16.6. The van der Waals surface area contributed by atoms with Gasteiger partial charge in [-0.3, -0.25) is 40.5 Å². The third-order valence-corrected chi connectivity index (χ3v) is 7.45. The van der Waals surface area contributed by atoms with Crippen molar-refractivity contribution in [3.63, 3.8) is 0 Å². The Balaban J connectivity index is 0.000000381. The van der Waals surface area contributed by atoms with Gasteiger partial charge in [-0.15, -0.1) is 0 Å². The molecule has 3 rings (SSSR count). The highest BCUT2D eigenvalue weighted by Gasteiger charge is 2.27. The second-order valence-electron chi connectivity index (χ2n) is 13.2. The molecule has 0 aliphatic carbocycles. The smallest absolute Gasteiger partial charge is 0.276 e. The van der Waals surface area contributed by atoms with Gasteiger partial charge in [-0.1, -0.05) is 0 Å². The Morgan fingerprint density at radius 2 is 0.860 bits per heavy atom. The van der Waals surface area contributed by atoms with Crippen LogP contribution in [0.4, 0.5) is 22.7 Å². The Morgan fingerprint density at radius 3 is 1.08 bits per heavy atom. The zero-order chi connectivity index (χ0) is 38.4. The lowest BCUT2D eigenvalue weighted by molar-refractivity contribution is -0.723. The average Bonchev–Trinajstić information content (AvgIpc) is 3.00. The highest BCUT2D eigenvalue weighted by Crippen LogP contribution is 2.23. The summed E-state index contributed by atoms with van der Waals surface area (Å²) in [5, 5.41) is 74.4. The lowest BCUT2D eigenvalue weighted by Crippen LogP contribution is -2.97. The van der Waals surface area contributed by atoms with E-state index >= 15 is 0 Å². The van der Waals surface area contributed by atoms with Crippen molar-refractivity contribution in [3.05, 3.63) is 88.0 Å². The second kappa shape index (κ2) is 19.1. The molecule has 1 saturated heterocycles. The first-order valence-electron chi connectivity index (χ1n) is 15.5. The van der Waals surface area contributed by atoms with Gasteiger partial charge in [0.05, 0.1) is 67.9 Å². The van der Waals surface area contributed by atoms with Gasteiger partial charge >= 0.3 is 0 Å². The Kier molecular flexibility index (Phi) is 16.4. The molecule has 276 valence electrons. The lowest BCUT2D eigenvalue weighted by Gasteiger charge is -2.30. The fourth-order valence-corrected chi connectivity index (χ4v) is 5.32. The maximum Gasteiger partial charge on any atom is 0.276 e. The fraction of sp³-hybridized carbons (Fsp3) is 0.533. The number of carbonyl (C=O) groups excluding carboxylic acids is 2. The van der Waals surface area contributed by atoms with Crippen LogP contribution in [-0.2, 0) is 0 Å².